The van der Waals surface area contributed by atoms with Crippen molar-refractivity contribution in [3.63, 3.8) is 0 Å². The highest BCUT2D eigenvalue weighted by Gasteiger charge is 2.33. The van der Waals surface area contributed by atoms with Crippen molar-refractivity contribution in [2.45, 2.75) is 12.5 Å². The predicted octanol–water partition coefficient (Wildman–Crippen LogP) is 3.52. The highest BCUT2D eigenvalue weighted by atomic mass is 16.5. The third-order valence-electron chi connectivity index (χ3n) is 3.92. The van der Waals surface area contributed by atoms with Gasteiger partial charge in [0.15, 0.2) is 6.04 Å². The Kier molecular flexibility index (Phi) is 4.24. The van der Waals surface area contributed by atoms with Gasteiger partial charge in [-0.25, -0.2) is 4.79 Å². The standard InChI is InChI=1S/C19H19NO2/c1-2-14-22-19(21)18(16-9-4-3-5-10-16)20-13-12-15-8-6-7-11-17(15)20/h2-11,18H,1,12-14H2. The van der Waals surface area contributed by atoms with Gasteiger partial charge in [0.05, 0.1) is 0 Å². The first kappa shape index (κ1) is 14.4. The number of benzene rings is 2. The minimum atomic E-state index is -0.412. The Morgan fingerprint density at radius 1 is 1.18 bits per heavy atom. The Morgan fingerprint density at radius 3 is 2.68 bits per heavy atom. The Morgan fingerprint density at radius 2 is 1.91 bits per heavy atom. The molecule has 1 aliphatic heterocycles. The fourth-order valence-corrected chi connectivity index (χ4v) is 2.93. The molecule has 0 N–H and O–H groups in total. The smallest absolute Gasteiger partial charge is 0.333 e. The summed E-state index contributed by atoms with van der Waals surface area (Å²) in [7, 11) is 0. The number of carbonyl (C=O) groups excluding carboxylic acids is 1. The number of anilines is 1. The summed E-state index contributed by atoms with van der Waals surface area (Å²) in [5, 5.41) is 0. The van der Waals surface area contributed by atoms with Crippen LogP contribution < -0.4 is 4.90 Å². The molecule has 0 bridgehead atoms. The van der Waals surface area contributed by atoms with E-state index in [1.165, 1.54) is 5.56 Å². The summed E-state index contributed by atoms with van der Waals surface area (Å²) in [4.78, 5) is 14.7. The molecule has 1 atom stereocenters. The molecule has 0 radical (unpaired) electrons. The minimum Gasteiger partial charge on any atom is -0.460 e. The average Bonchev–Trinajstić information content (AvgIpc) is 2.98. The Balaban J connectivity index is 1.96. The van der Waals surface area contributed by atoms with Gasteiger partial charge in [0, 0.05) is 12.2 Å². The lowest BCUT2D eigenvalue weighted by molar-refractivity contribution is -0.144. The first-order valence-electron chi connectivity index (χ1n) is 7.48. The summed E-state index contributed by atoms with van der Waals surface area (Å²) in [6, 6.07) is 17.6. The van der Waals surface area contributed by atoms with Gasteiger partial charge in [-0.05, 0) is 23.6 Å². The molecule has 3 nitrogen and oxygen atoms in total. The predicted molar refractivity (Wildman–Crippen MR) is 87.8 cm³/mol. The van der Waals surface area contributed by atoms with E-state index in [4.69, 9.17) is 4.74 Å². The van der Waals surface area contributed by atoms with Crippen LogP contribution in [0.4, 0.5) is 5.69 Å². The van der Waals surface area contributed by atoms with E-state index >= 15 is 0 Å². The number of carbonyl (C=O) groups is 1. The number of fused-ring (bicyclic) bond motifs is 1. The van der Waals surface area contributed by atoms with Crippen LogP contribution in [0.25, 0.3) is 0 Å². The van der Waals surface area contributed by atoms with Crippen LogP contribution in [-0.4, -0.2) is 19.1 Å². The molecule has 1 unspecified atom stereocenters. The molecule has 0 spiro atoms. The van der Waals surface area contributed by atoms with Crippen molar-refractivity contribution in [1.29, 1.82) is 0 Å². The molecule has 0 fully saturated rings. The normalized spacial score (nSPS) is 14.3. The second-order valence-electron chi connectivity index (χ2n) is 5.30. The summed E-state index contributed by atoms with van der Waals surface area (Å²) < 4.78 is 5.34. The van der Waals surface area contributed by atoms with Crippen molar-refractivity contribution in [1.82, 2.24) is 0 Å². The number of nitrogens with zero attached hydrogens (tertiary/aromatic N) is 1. The van der Waals surface area contributed by atoms with Gasteiger partial charge in [0.1, 0.15) is 6.61 Å². The number of ether oxygens (including phenoxy) is 1. The van der Waals surface area contributed by atoms with Gasteiger partial charge < -0.3 is 9.64 Å². The summed E-state index contributed by atoms with van der Waals surface area (Å²) >= 11 is 0. The summed E-state index contributed by atoms with van der Waals surface area (Å²) in [6.45, 7) is 4.66. The van der Waals surface area contributed by atoms with Crippen molar-refractivity contribution in [2.24, 2.45) is 0 Å². The van der Waals surface area contributed by atoms with Gasteiger partial charge in [-0.1, -0.05) is 61.2 Å². The number of rotatable bonds is 5. The zero-order chi connectivity index (χ0) is 15.4. The number of esters is 1. The summed E-state index contributed by atoms with van der Waals surface area (Å²) in [5.41, 5.74) is 3.35. The quantitative estimate of drug-likeness (QED) is 0.624. The molecule has 1 heterocycles. The molecular weight excluding hydrogens is 274 g/mol. The lowest BCUT2D eigenvalue weighted by atomic mass is 10.1. The second-order valence-corrected chi connectivity index (χ2v) is 5.30. The monoisotopic (exact) mass is 293 g/mol. The largest absolute Gasteiger partial charge is 0.460 e. The molecule has 0 amide bonds. The van der Waals surface area contributed by atoms with E-state index < -0.39 is 6.04 Å². The number of hydrogen-bond donors (Lipinski definition) is 0. The number of para-hydroxylation sites is 1. The molecule has 0 aromatic heterocycles. The van der Waals surface area contributed by atoms with Crippen LogP contribution in [0.5, 0.6) is 0 Å². The van der Waals surface area contributed by atoms with E-state index in [-0.39, 0.29) is 12.6 Å². The maximum absolute atomic E-state index is 12.6. The van der Waals surface area contributed by atoms with Gasteiger partial charge in [-0.15, -0.1) is 0 Å². The van der Waals surface area contributed by atoms with Crippen molar-refractivity contribution in [3.05, 3.63) is 78.4 Å². The zero-order valence-corrected chi connectivity index (χ0v) is 12.4. The van der Waals surface area contributed by atoms with Gasteiger partial charge in [-0.2, -0.15) is 0 Å². The molecule has 2 aromatic carbocycles. The molecule has 0 saturated carbocycles. The van der Waals surface area contributed by atoms with E-state index in [0.717, 1.165) is 24.2 Å². The van der Waals surface area contributed by atoms with Gasteiger partial charge in [0.25, 0.3) is 0 Å². The third-order valence-corrected chi connectivity index (χ3v) is 3.92. The van der Waals surface area contributed by atoms with E-state index in [2.05, 4.69) is 23.6 Å². The molecule has 22 heavy (non-hydrogen) atoms. The van der Waals surface area contributed by atoms with Gasteiger partial charge in [0.2, 0.25) is 0 Å². The van der Waals surface area contributed by atoms with Crippen LogP contribution in [0, 0.1) is 0 Å². The van der Waals surface area contributed by atoms with E-state index in [1.807, 2.05) is 42.5 Å². The molecule has 1 aliphatic rings. The van der Waals surface area contributed by atoms with Crippen LogP contribution in [0.15, 0.2) is 67.3 Å². The van der Waals surface area contributed by atoms with Crippen molar-refractivity contribution < 1.29 is 9.53 Å². The first-order valence-corrected chi connectivity index (χ1v) is 7.48. The third kappa shape index (κ3) is 2.75. The average molecular weight is 293 g/mol. The van der Waals surface area contributed by atoms with Crippen LogP contribution in [0.2, 0.25) is 0 Å². The number of hydrogen-bond acceptors (Lipinski definition) is 3. The van der Waals surface area contributed by atoms with E-state index in [1.54, 1.807) is 6.08 Å². The van der Waals surface area contributed by atoms with Crippen LogP contribution in [0.1, 0.15) is 17.2 Å². The minimum absolute atomic E-state index is 0.234. The van der Waals surface area contributed by atoms with Gasteiger partial charge in [-0.3, -0.25) is 0 Å². The van der Waals surface area contributed by atoms with Crippen LogP contribution in [-0.2, 0) is 16.0 Å². The van der Waals surface area contributed by atoms with Crippen molar-refractivity contribution >= 4 is 11.7 Å². The van der Waals surface area contributed by atoms with Crippen LogP contribution >= 0.6 is 0 Å². The lowest BCUT2D eigenvalue weighted by Crippen LogP contribution is -2.34. The first-order chi connectivity index (χ1) is 10.8. The second kappa shape index (κ2) is 6.48. The van der Waals surface area contributed by atoms with Crippen LogP contribution in [0.3, 0.4) is 0 Å². The molecule has 3 rings (SSSR count). The fraction of sp³-hybridized carbons (Fsp3) is 0.211. The maximum atomic E-state index is 12.6. The molecule has 0 aliphatic carbocycles. The Labute approximate surface area is 130 Å². The zero-order valence-electron chi connectivity index (χ0n) is 12.4. The Hall–Kier alpha value is -2.55. The van der Waals surface area contributed by atoms with E-state index in [9.17, 15) is 4.79 Å². The van der Waals surface area contributed by atoms with Crippen molar-refractivity contribution in [3.8, 4) is 0 Å². The fourth-order valence-electron chi connectivity index (χ4n) is 2.93. The summed E-state index contributed by atoms with van der Waals surface area (Å²) in [6.07, 6.45) is 2.55. The molecular formula is C19H19NO2. The van der Waals surface area contributed by atoms with E-state index in [0.29, 0.717) is 0 Å². The molecule has 0 saturated heterocycles. The lowest BCUT2D eigenvalue weighted by Gasteiger charge is -2.29. The maximum Gasteiger partial charge on any atom is 0.333 e. The van der Waals surface area contributed by atoms with Gasteiger partial charge >= 0.3 is 5.97 Å². The molecule has 112 valence electrons. The molecule has 3 heteroatoms. The SMILES string of the molecule is C=CCOC(=O)C(c1ccccc1)N1CCc2ccccc21. The summed E-state index contributed by atoms with van der Waals surface area (Å²) in [5.74, 6) is -0.234. The molecule has 2 aromatic rings. The Bertz CT molecular complexity index is 666. The topological polar surface area (TPSA) is 29.5 Å². The highest BCUT2D eigenvalue weighted by Crippen LogP contribution is 2.35. The highest BCUT2D eigenvalue weighted by molar-refractivity contribution is 5.83. The van der Waals surface area contributed by atoms with Crippen molar-refractivity contribution in [2.75, 3.05) is 18.1 Å².